The number of hydrogen-bond acceptors (Lipinski definition) is 1. The van der Waals surface area contributed by atoms with Gasteiger partial charge in [0.2, 0.25) is 0 Å². The van der Waals surface area contributed by atoms with Crippen LogP contribution in [-0.4, -0.2) is 9.55 Å². The van der Waals surface area contributed by atoms with Crippen LogP contribution in [0.3, 0.4) is 0 Å². The minimum atomic E-state index is 0. The molecular weight excluding hydrogens is 244 g/mol. The van der Waals surface area contributed by atoms with Gasteiger partial charge in [-0.15, -0.1) is 12.4 Å². The van der Waals surface area contributed by atoms with Gasteiger partial charge in [0.1, 0.15) is 5.82 Å². The molecule has 0 amide bonds. The van der Waals surface area contributed by atoms with Gasteiger partial charge in [0.05, 0.1) is 11.0 Å². The minimum Gasteiger partial charge on any atom is -0.324 e. The summed E-state index contributed by atoms with van der Waals surface area (Å²) in [6, 6.07) is 8.32. The van der Waals surface area contributed by atoms with Crippen molar-refractivity contribution >= 4 is 23.4 Å². The van der Waals surface area contributed by atoms with E-state index >= 15 is 0 Å². The van der Waals surface area contributed by atoms with Gasteiger partial charge < -0.3 is 4.57 Å². The monoisotopic (exact) mass is 264 g/mol. The first kappa shape index (κ1) is 14.8. The van der Waals surface area contributed by atoms with Crippen molar-refractivity contribution in [2.45, 2.75) is 33.7 Å². The molecule has 0 aliphatic carbocycles. The van der Waals surface area contributed by atoms with Crippen molar-refractivity contribution in [3.8, 4) is 0 Å². The fourth-order valence-electron chi connectivity index (χ4n) is 2.09. The summed E-state index contributed by atoms with van der Waals surface area (Å²) in [5.74, 6) is 1.79. The van der Waals surface area contributed by atoms with Crippen molar-refractivity contribution in [1.29, 1.82) is 0 Å². The molecule has 1 aromatic heterocycles. The molecule has 3 heteroatoms. The van der Waals surface area contributed by atoms with Gasteiger partial charge in [0, 0.05) is 13.0 Å². The lowest BCUT2D eigenvalue weighted by atomic mass is 10.1. The molecule has 0 atom stereocenters. The van der Waals surface area contributed by atoms with Crippen LogP contribution < -0.4 is 0 Å². The van der Waals surface area contributed by atoms with Gasteiger partial charge >= 0.3 is 0 Å². The van der Waals surface area contributed by atoms with Crippen molar-refractivity contribution in [3.05, 3.63) is 42.2 Å². The first-order chi connectivity index (χ1) is 8.08. The fraction of sp³-hybridized carbons (Fsp3) is 0.400. The lowest BCUT2D eigenvalue weighted by molar-refractivity contribution is 0.593. The van der Waals surface area contributed by atoms with E-state index in [1.807, 2.05) is 6.07 Å². The third-order valence-electron chi connectivity index (χ3n) is 2.75. The first-order valence-corrected chi connectivity index (χ1v) is 6.16. The van der Waals surface area contributed by atoms with Gasteiger partial charge in [-0.1, -0.05) is 38.1 Å². The topological polar surface area (TPSA) is 17.8 Å². The van der Waals surface area contributed by atoms with Crippen molar-refractivity contribution in [2.24, 2.45) is 5.92 Å². The number of halogens is 1. The smallest absolute Gasteiger partial charge is 0.110 e. The maximum absolute atomic E-state index is 4.73. The fourth-order valence-corrected chi connectivity index (χ4v) is 2.09. The number of aromatic nitrogens is 2. The number of rotatable bonds is 4. The molecule has 2 aromatic rings. The van der Waals surface area contributed by atoms with Crippen molar-refractivity contribution < 1.29 is 0 Å². The van der Waals surface area contributed by atoms with Crippen LogP contribution in [0.4, 0.5) is 0 Å². The molecule has 0 saturated heterocycles. The molecule has 0 aliphatic heterocycles. The zero-order valence-electron chi connectivity index (χ0n) is 11.3. The van der Waals surface area contributed by atoms with Crippen LogP contribution in [0.2, 0.25) is 0 Å². The lowest BCUT2D eigenvalue weighted by Gasteiger charge is -2.10. The quantitative estimate of drug-likeness (QED) is 0.756. The number of allylic oxidation sites excluding steroid dienone is 1. The number of benzene rings is 1. The molecule has 0 aliphatic rings. The van der Waals surface area contributed by atoms with Crippen LogP contribution in [0.1, 0.15) is 26.6 Å². The summed E-state index contributed by atoms with van der Waals surface area (Å²) in [5.41, 5.74) is 3.47. The highest BCUT2D eigenvalue weighted by Crippen LogP contribution is 2.19. The molecule has 0 bridgehead atoms. The zero-order chi connectivity index (χ0) is 12.4. The highest BCUT2D eigenvalue weighted by atomic mass is 35.5. The van der Waals surface area contributed by atoms with Crippen LogP contribution in [0, 0.1) is 5.92 Å². The molecule has 0 unspecified atom stereocenters. The second-order valence-corrected chi connectivity index (χ2v) is 5.16. The summed E-state index contributed by atoms with van der Waals surface area (Å²) >= 11 is 0. The van der Waals surface area contributed by atoms with Gasteiger partial charge in [0.15, 0.2) is 0 Å². The SMILES string of the molecule is C=C(C)Cn1c(CC(C)C)nc2ccccc21.Cl. The molecule has 1 aromatic carbocycles. The number of imidazole rings is 1. The minimum absolute atomic E-state index is 0. The summed E-state index contributed by atoms with van der Waals surface area (Å²) in [6.07, 6.45) is 1.02. The number of nitrogens with zero attached hydrogens (tertiary/aromatic N) is 2. The Hall–Kier alpha value is -1.28. The van der Waals surface area contributed by atoms with Gasteiger partial charge in [-0.3, -0.25) is 0 Å². The standard InChI is InChI=1S/C15H20N2.ClH/c1-11(2)9-15-16-13-7-5-6-8-14(13)17(15)10-12(3)4;/h5-8,11H,3,9-10H2,1-2,4H3;1H. The Labute approximate surface area is 115 Å². The molecule has 0 N–H and O–H groups in total. The van der Waals surface area contributed by atoms with E-state index in [1.165, 1.54) is 11.3 Å². The van der Waals surface area contributed by atoms with E-state index in [0.717, 1.165) is 24.1 Å². The zero-order valence-corrected chi connectivity index (χ0v) is 12.1. The summed E-state index contributed by atoms with van der Waals surface area (Å²) in [5, 5.41) is 0. The number of hydrogen-bond donors (Lipinski definition) is 0. The molecule has 0 spiro atoms. The van der Waals surface area contributed by atoms with E-state index in [9.17, 15) is 0 Å². The largest absolute Gasteiger partial charge is 0.324 e. The van der Waals surface area contributed by atoms with E-state index in [2.05, 4.69) is 50.1 Å². The van der Waals surface area contributed by atoms with E-state index in [4.69, 9.17) is 4.98 Å². The Bertz CT molecular complexity index is 540. The summed E-state index contributed by atoms with van der Waals surface area (Å²) in [4.78, 5) is 4.73. The lowest BCUT2D eigenvalue weighted by Crippen LogP contribution is -2.07. The van der Waals surface area contributed by atoms with E-state index in [0.29, 0.717) is 5.92 Å². The first-order valence-electron chi connectivity index (χ1n) is 6.16. The van der Waals surface area contributed by atoms with Crippen molar-refractivity contribution in [2.75, 3.05) is 0 Å². The Kier molecular flexibility index (Phi) is 4.97. The Balaban J connectivity index is 0.00000162. The predicted molar refractivity (Wildman–Crippen MR) is 80.3 cm³/mol. The van der Waals surface area contributed by atoms with Crippen LogP contribution in [0.25, 0.3) is 11.0 Å². The van der Waals surface area contributed by atoms with Crippen LogP contribution >= 0.6 is 12.4 Å². The molecule has 2 rings (SSSR count). The molecular formula is C15H21ClN2. The van der Waals surface area contributed by atoms with Gasteiger partial charge in [-0.05, 0) is 25.0 Å². The Morgan fingerprint density at radius 3 is 2.61 bits per heavy atom. The Morgan fingerprint density at radius 2 is 2.00 bits per heavy atom. The van der Waals surface area contributed by atoms with Crippen LogP contribution in [0.5, 0.6) is 0 Å². The molecule has 2 nitrogen and oxygen atoms in total. The molecule has 1 heterocycles. The third kappa shape index (κ3) is 3.14. The average molecular weight is 265 g/mol. The summed E-state index contributed by atoms with van der Waals surface area (Å²) in [7, 11) is 0. The summed E-state index contributed by atoms with van der Waals surface area (Å²) < 4.78 is 2.29. The van der Waals surface area contributed by atoms with Crippen molar-refractivity contribution in [3.63, 3.8) is 0 Å². The van der Waals surface area contributed by atoms with E-state index in [1.54, 1.807) is 0 Å². The summed E-state index contributed by atoms with van der Waals surface area (Å²) in [6.45, 7) is 11.4. The number of fused-ring (bicyclic) bond motifs is 1. The van der Waals surface area contributed by atoms with E-state index < -0.39 is 0 Å². The Morgan fingerprint density at radius 1 is 1.33 bits per heavy atom. The normalized spacial score (nSPS) is 10.7. The highest BCUT2D eigenvalue weighted by Gasteiger charge is 2.11. The maximum atomic E-state index is 4.73. The molecule has 18 heavy (non-hydrogen) atoms. The molecule has 0 fully saturated rings. The maximum Gasteiger partial charge on any atom is 0.110 e. The van der Waals surface area contributed by atoms with Crippen LogP contribution in [-0.2, 0) is 13.0 Å². The third-order valence-corrected chi connectivity index (χ3v) is 2.75. The molecule has 0 radical (unpaired) electrons. The second-order valence-electron chi connectivity index (χ2n) is 5.16. The number of para-hydroxylation sites is 2. The van der Waals surface area contributed by atoms with E-state index in [-0.39, 0.29) is 12.4 Å². The predicted octanol–water partition coefficient (Wildman–Crippen LogP) is 4.23. The van der Waals surface area contributed by atoms with Gasteiger partial charge in [0.25, 0.3) is 0 Å². The average Bonchev–Trinajstić information content (AvgIpc) is 2.55. The molecule has 98 valence electrons. The van der Waals surface area contributed by atoms with Gasteiger partial charge in [-0.2, -0.15) is 0 Å². The van der Waals surface area contributed by atoms with Crippen LogP contribution in [0.15, 0.2) is 36.4 Å². The highest BCUT2D eigenvalue weighted by molar-refractivity contribution is 5.85. The van der Waals surface area contributed by atoms with Crippen molar-refractivity contribution in [1.82, 2.24) is 9.55 Å². The van der Waals surface area contributed by atoms with Gasteiger partial charge in [-0.25, -0.2) is 4.98 Å². The molecule has 0 saturated carbocycles. The second kappa shape index (κ2) is 6.05.